The number of esters is 1. The van der Waals surface area contributed by atoms with Crippen LogP contribution in [0.2, 0.25) is 0 Å². The van der Waals surface area contributed by atoms with Crippen molar-refractivity contribution in [1.82, 2.24) is 5.32 Å². The van der Waals surface area contributed by atoms with Crippen LogP contribution in [0.25, 0.3) is 0 Å². The molecule has 0 fully saturated rings. The molecule has 1 heterocycles. The summed E-state index contributed by atoms with van der Waals surface area (Å²) >= 11 is 0. The third-order valence-electron chi connectivity index (χ3n) is 4.13. The summed E-state index contributed by atoms with van der Waals surface area (Å²) in [5.41, 5.74) is 1.14. The first kappa shape index (κ1) is 15.8. The van der Waals surface area contributed by atoms with Crippen molar-refractivity contribution in [1.29, 1.82) is 0 Å². The number of nitrogens with one attached hydrogen (secondary N) is 1. The lowest BCUT2D eigenvalue weighted by molar-refractivity contribution is -0.143. The Balaban J connectivity index is 2.28. The smallest absolute Gasteiger partial charge is 0.315 e. The van der Waals surface area contributed by atoms with Crippen LogP contribution < -0.4 is 5.32 Å². The van der Waals surface area contributed by atoms with Gasteiger partial charge in [0.15, 0.2) is 0 Å². The summed E-state index contributed by atoms with van der Waals surface area (Å²) in [6, 6.07) is 10.2. The fraction of sp³-hybridized carbons (Fsp3) is 0.500. The lowest BCUT2D eigenvalue weighted by Gasteiger charge is -2.38. The van der Waals surface area contributed by atoms with Gasteiger partial charge >= 0.3 is 5.97 Å². The summed E-state index contributed by atoms with van der Waals surface area (Å²) < 4.78 is 5.03. The van der Waals surface area contributed by atoms with Gasteiger partial charge in [-0.2, -0.15) is 0 Å². The highest BCUT2D eigenvalue weighted by atomic mass is 16.5. The molecule has 2 rings (SSSR count). The third kappa shape index (κ3) is 3.73. The number of benzene rings is 1. The second kappa shape index (κ2) is 6.44. The maximum Gasteiger partial charge on any atom is 0.315 e. The lowest BCUT2D eigenvalue weighted by atomic mass is 9.80. The number of carbonyl (C=O) groups excluding carboxylic acids is 1. The first-order chi connectivity index (χ1) is 9.93. The molecule has 0 amide bonds. The van der Waals surface area contributed by atoms with E-state index in [0.717, 1.165) is 12.0 Å². The molecule has 1 aromatic carbocycles. The van der Waals surface area contributed by atoms with Gasteiger partial charge in [-0.3, -0.25) is 4.79 Å². The molecule has 0 saturated heterocycles. The highest BCUT2D eigenvalue weighted by molar-refractivity contribution is 5.79. The minimum absolute atomic E-state index is 0.0298. The Morgan fingerprint density at radius 1 is 1.29 bits per heavy atom. The van der Waals surface area contributed by atoms with Gasteiger partial charge in [-0.05, 0) is 17.4 Å². The normalized spacial score (nSPS) is 23.6. The molecule has 0 radical (unpaired) electrons. The molecule has 1 aromatic rings. The zero-order valence-corrected chi connectivity index (χ0v) is 13.3. The van der Waals surface area contributed by atoms with Crippen LogP contribution in [0.15, 0.2) is 42.5 Å². The zero-order chi connectivity index (χ0) is 15.5. The van der Waals surface area contributed by atoms with Crippen LogP contribution in [0.5, 0.6) is 0 Å². The van der Waals surface area contributed by atoms with E-state index in [1.807, 2.05) is 30.3 Å². The first-order valence-electron chi connectivity index (χ1n) is 7.49. The molecule has 0 aliphatic carbocycles. The van der Waals surface area contributed by atoms with E-state index >= 15 is 0 Å². The van der Waals surface area contributed by atoms with Gasteiger partial charge in [0.1, 0.15) is 5.92 Å². The van der Waals surface area contributed by atoms with E-state index in [-0.39, 0.29) is 23.3 Å². The van der Waals surface area contributed by atoms with E-state index in [2.05, 4.69) is 38.2 Å². The molecule has 0 aromatic heterocycles. The predicted molar refractivity (Wildman–Crippen MR) is 85.1 cm³/mol. The van der Waals surface area contributed by atoms with Gasteiger partial charge < -0.3 is 10.1 Å². The van der Waals surface area contributed by atoms with Crippen molar-refractivity contribution in [2.45, 2.75) is 45.2 Å². The number of methoxy groups -OCH3 is 1. The van der Waals surface area contributed by atoms with Crippen molar-refractivity contribution in [2.24, 2.45) is 5.41 Å². The molecule has 3 unspecified atom stereocenters. The average molecular weight is 287 g/mol. The molecule has 1 aliphatic heterocycles. The standard InChI is InChI=1S/C18H25NO2/c1-18(2,3)15-12-8-11-14(19-15)16(17(20)21-4)13-9-6-5-7-10-13/h5-11,14-16,19H,12H2,1-4H3. The Labute approximate surface area is 127 Å². The Morgan fingerprint density at radius 3 is 2.52 bits per heavy atom. The summed E-state index contributed by atoms with van der Waals surface area (Å²) in [5, 5.41) is 3.62. The quantitative estimate of drug-likeness (QED) is 0.685. The Kier molecular flexibility index (Phi) is 4.84. The van der Waals surface area contributed by atoms with Crippen LogP contribution >= 0.6 is 0 Å². The molecule has 0 spiro atoms. The number of carbonyl (C=O) groups is 1. The Morgan fingerprint density at radius 2 is 1.95 bits per heavy atom. The van der Waals surface area contributed by atoms with Gasteiger partial charge in [-0.25, -0.2) is 0 Å². The van der Waals surface area contributed by atoms with Gasteiger partial charge in [0.2, 0.25) is 0 Å². The molecule has 1 aliphatic rings. The van der Waals surface area contributed by atoms with Crippen LogP contribution in [0, 0.1) is 5.41 Å². The van der Waals surface area contributed by atoms with Gasteiger partial charge in [0, 0.05) is 12.1 Å². The molecule has 3 heteroatoms. The molecule has 21 heavy (non-hydrogen) atoms. The third-order valence-corrected chi connectivity index (χ3v) is 4.13. The number of hydrogen-bond donors (Lipinski definition) is 1. The highest BCUT2D eigenvalue weighted by Gasteiger charge is 2.35. The summed E-state index contributed by atoms with van der Waals surface area (Å²) in [5.74, 6) is -0.504. The second-order valence-electron chi connectivity index (χ2n) is 6.69. The predicted octanol–water partition coefficient (Wildman–Crippen LogP) is 3.28. The van der Waals surface area contributed by atoms with E-state index in [1.54, 1.807) is 0 Å². The van der Waals surface area contributed by atoms with E-state index in [9.17, 15) is 4.79 Å². The highest BCUT2D eigenvalue weighted by Crippen LogP contribution is 2.30. The van der Waals surface area contributed by atoms with Crippen LogP contribution in [0.4, 0.5) is 0 Å². The van der Waals surface area contributed by atoms with Crippen molar-refractivity contribution < 1.29 is 9.53 Å². The molecule has 114 valence electrons. The Bertz CT molecular complexity index is 502. The van der Waals surface area contributed by atoms with Gasteiger partial charge in [-0.1, -0.05) is 63.3 Å². The van der Waals surface area contributed by atoms with E-state index in [0.29, 0.717) is 6.04 Å². The maximum atomic E-state index is 12.3. The van der Waals surface area contributed by atoms with Crippen LogP contribution in [0.1, 0.15) is 38.7 Å². The number of ether oxygens (including phenoxy) is 1. The zero-order valence-electron chi connectivity index (χ0n) is 13.3. The molecular weight excluding hydrogens is 262 g/mol. The SMILES string of the molecule is COC(=O)C(c1ccccc1)C1C=CCC(C(C)(C)C)N1. The molecule has 0 saturated carbocycles. The number of rotatable bonds is 3. The molecule has 3 nitrogen and oxygen atoms in total. The van der Waals surface area contributed by atoms with Gasteiger partial charge in [0.25, 0.3) is 0 Å². The lowest BCUT2D eigenvalue weighted by Crippen LogP contribution is -2.50. The largest absolute Gasteiger partial charge is 0.468 e. The average Bonchev–Trinajstić information content (AvgIpc) is 2.48. The maximum absolute atomic E-state index is 12.3. The first-order valence-corrected chi connectivity index (χ1v) is 7.49. The fourth-order valence-electron chi connectivity index (χ4n) is 2.81. The molecule has 1 N–H and O–H groups in total. The molecule has 0 bridgehead atoms. The van der Waals surface area contributed by atoms with Crippen molar-refractivity contribution in [3.05, 3.63) is 48.0 Å². The van der Waals surface area contributed by atoms with Crippen molar-refractivity contribution in [3.8, 4) is 0 Å². The fourth-order valence-corrected chi connectivity index (χ4v) is 2.81. The minimum atomic E-state index is -0.308. The van der Waals surface area contributed by atoms with Crippen molar-refractivity contribution in [2.75, 3.05) is 7.11 Å². The van der Waals surface area contributed by atoms with E-state index < -0.39 is 0 Å². The summed E-state index contributed by atoms with van der Waals surface area (Å²) in [6.07, 6.45) is 5.26. The number of hydrogen-bond acceptors (Lipinski definition) is 3. The van der Waals surface area contributed by atoms with Crippen LogP contribution in [-0.4, -0.2) is 25.2 Å². The molecular formula is C18H25NO2. The van der Waals surface area contributed by atoms with Crippen molar-refractivity contribution >= 4 is 5.97 Å². The summed E-state index contributed by atoms with van der Waals surface area (Å²) in [7, 11) is 1.45. The van der Waals surface area contributed by atoms with Gasteiger partial charge in [0.05, 0.1) is 7.11 Å². The van der Waals surface area contributed by atoms with E-state index in [4.69, 9.17) is 4.74 Å². The van der Waals surface area contributed by atoms with Gasteiger partial charge in [-0.15, -0.1) is 0 Å². The minimum Gasteiger partial charge on any atom is -0.468 e. The van der Waals surface area contributed by atoms with E-state index in [1.165, 1.54) is 7.11 Å². The Hall–Kier alpha value is -1.61. The monoisotopic (exact) mass is 287 g/mol. The summed E-state index contributed by atoms with van der Waals surface area (Å²) in [6.45, 7) is 6.66. The van der Waals surface area contributed by atoms with Crippen LogP contribution in [0.3, 0.4) is 0 Å². The second-order valence-corrected chi connectivity index (χ2v) is 6.69. The summed E-state index contributed by atoms with van der Waals surface area (Å²) in [4.78, 5) is 12.3. The van der Waals surface area contributed by atoms with Crippen molar-refractivity contribution in [3.63, 3.8) is 0 Å². The topological polar surface area (TPSA) is 38.3 Å². The molecule has 3 atom stereocenters. The van der Waals surface area contributed by atoms with Crippen LogP contribution in [-0.2, 0) is 9.53 Å².